The summed E-state index contributed by atoms with van der Waals surface area (Å²) in [6, 6.07) is 8.20. The predicted octanol–water partition coefficient (Wildman–Crippen LogP) is 2.83. The fourth-order valence-corrected chi connectivity index (χ4v) is 3.00. The van der Waals surface area contributed by atoms with Gasteiger partial charge in [-0.05, 0) is 50.8 Å². The van der Waals surface area contributed by atoms with Crippen LogP contribution in [-0.4, -0.2) is 28.1 Å². The summed E-state index contributed by atoms with van der Waals surface area (Å²) in [5.41, 5.74) is 2.25. The maximum Gasteiger partial charge on any atom is 0.133 e. The molecule has 0 radical (unpaired) electrons. The van der Waals surface area contributed by atoms with Crippen LogP contribution in [0.5, 0.6) is 0 Å². The second-order valence-electron chi connectivity index (χ2n) is 5.70. The van der Waals surface area contributed by atoms with Gasteiger partial charge in [0.1, 0.15) is 5.76 Å². The molecule has 3 heterocycles. The summed E-state index contributed by atoms with van der Waals surface area (Å²) >= 11 is 0. The third kappa shape index (κ3) is 3.45. The molecule has 1 fully saturated rings. The average molecular weight is 271 g/mol. The first-order valence-corrected chi connectivity index (χ1v) is 7.34. The van der Waals surface area contributed by atoms with Crippen molar-refractivity contribution in [3.63, 3.8) is 0 Å². The van der Waals surface area contributed by atoms with Gasteiger partial charge in [-0.25, -0.2) is 0 Å². The van der Waals surface area contributed by atoms with E-state index in [0.29, 0.717) is 5.92 Å². The molecule has 2 aromatic heterocycles. The lowest BCUT2D eigenvalue weighted by Crippen LogP contribution is -2.35. The molecule has 0 aliphatic carbocycles. The standard InChI is InChI=1S/C16H21N3O/c1-13-9-16(18-20-13)12-19-8-4-5-14(11-19)10-15-6-2-3-7-17-15/h2-3,6-7,9,14H,4-5,8,10-12H2,1H3. The van der Waals surface area contributed by atoms with Crippen LogP contribution in [0.4, 0.5) is 0 Å². The van der Waals surface area contributed by atoms with Gasteiger partial charge in [-0.2, -0.15) is 0 Å². The Bertz CT molecular complexity index is 538. The van der Waals surface area contributed by atoms with Crippen LogP contribution in [-0.2, 0) is 13.0 Å². The zero-order valence-corrected chi connectivity index (χ0v) is 12.0. The Morgan fingerprint density at radius 2 is 2.30 bits per heavy atom. The molecule has 0 bridgehead atoms. The second-order valence-corrected chi connectivity index (χ2v) is 5.70. The van der Waals surface area contributed by atoms with Crippen LogP contribution in [0.15, 0.2) is 35.0 Å². The minimum absolute atomic E-state index is 0.701. The van der Waals surface area contributed by atoms with Gasteiger partial charge in [-0.1, -0.05) is 11.2 Å². The SMILES string of the molecule is Cc1cc(CN2CCCC(Cc3ccccn3)C2)no1. The molecule has 0 spiro atoms. The molecule has 1 aliphatic rings. The lowest BCUT2D eigenvalue weighted by Gasteiger charge is -2.32. The molecule has 1 saturated heterocycles. The van der Waals surface area contributed by atoms with Gasteiger partial charge in [-0.3, -0.25) is 9.88 Å². The summed E-state index contributed by atoms with van der Waals surface area (Å²) in [7, 11) is 0. The Morgan fingerprint density at radius 1 is 1.35 bits per heavy atom. The number of nitrogens with zero attached hydrogens (tertiary/aromatic N) is 3. The Kier molecular flexibility index (Phi) is 4.11. The quantitative estimate of drug-likeness (QED) is 0.857. The minimum atomic E-state index is 0.701. The maximum atomic E-state index is 5.14. The van der Waals surface area contributed by atoms with Crippen LogP contribution < -0.4 is 0 Å². The highest BCUT2D eigenvalue weighted by molar-refractivity contribution is 5.06. The Hall–Kier alpha value is -1.68. The van der Waals surface area contributed by atoms with Gasteiger partial charge < -0.3 is 4.52 Å². The van der Waals surface area contributed by atoms with Crippen molar-refractivity contribution in [3.8, 4) is 0 Å². The summed E-state index contributed by atoms with van der Waals surface area (Å²) in [6.07, 6.45) is 5.52. The molecule has 0 N–H and O–H groups in total. The fourth-order valence-electron chi connectivity index (χ4n) is 3.00. The monoisotopic (exact) mass is 271 g/mol. The van der Waals surface area contributed by atoms with Crippen molar-refractivity contribution in [1.82, 2.24) is 15.0 Å². The first-order chi connectivity index (χ1) is 9.79. The molecule has 1 atom stereocenters. The van der Waals surface area contributed by atoms with Crippen LogP contribution in [0.25, 0.3) is 0 Å². The van der Waals surface area contributed by atoms with Gasteiger partial charge in [0.05, 0.1) is 5.69 Å². The highest BCUT2D eigenvalue weighted by atomic mass is 16.5. The molecule has 1 aliphatic heterocycles. The van der Waals surface area contributed by atoms with E-state index in [-0.39, 0.29) is 0 Å². The van der Waals surface area contributed by atoms with Crippen molar-refractivity contribution in [2.45, 2.75) is 32.7 Å². The van der Waals surface area contributed by atoms with Gasteiger partial charge in [-0.15, -0.1) is 0 Å². The van der Waals surface area contributed by atoms with Crippen molar-refractivity contribution >= 4 is 0 Å². The Labute approximate surface area is 119 Å². The highest BCUT2D eigenvalue weighted by Crippen LogP contribution is 2.21. The third-order valence-corrected chi connectivity index (χ3v) is 3.89. The van der Waals surface area contributed by atoms with Gasteiger partial charge in [0, 0.05) is 31.0 Å². The summed E-state index contributed by atoms with van der Waals surface area (Å²) in [5.74, 6) is 1.59. The molecule has 0 saturated carbocycles. The van der Waals surface area contributed by atoms with E-state index in [0.717, 1.165) is 37.5 Å². The lowest BCUT2D eigenvalue weighted by molar-refractivity contribution is 0.162. The van der Waals surface area contributed by atoms with Crippen LogP contribution in [0.3, 0.4) is 0 Å². The van der Waals surface area contributed by atoms with Crippen molar-refractivity contribution in [1.29, 1.82) is 0 Å². The van der Waals surface area contributed by atoms with Crippen molar-refractivity contribution in [2.75, 3.05) is 13.1 Å². The van der Waals surface area contributed by atoms with Gasteiger partial charge in [0.15, 0.2) is 0 Å². The maximum absolute atomic E-state index is 5.14. The number of piperidine rings is 1. The predicted molar refractivity (Wildman–Crippen MR) is 77.2 cm³/mol. The zero-order chi connectivity index (χ0) is 13.8. The molecule has 106 valence electrons. The van der Waals surface area contributed by atoms with Gasteiger partial charge in [0.25, 0.3) is 0 Å². The van der Waals surface area contributed by atoms with Crippen molar-refractivity contribution in [3.05, 3.63) is 47.6 Å². The van der Waals surface area contributed by atoms with Gasteiger partial charge in [0.2, 0.25) is 0 Å². The average Bonchev–Trinajstić information content (AvgIpc) is 2.86. The number of hydrogen-bond donors (Lipinski definition) is 0. The summed E-state index contributed by atoms with van der Waals surface area (Å²) in [4.78, 5) is 6.92. The molecule has 20 heavy (non-hydrogen) atoms. The highest BCUT2D eigenvalue weighted by Gasteiger charge is 2.21. The van der Waals surface area contributed by atoms with E-state index in [4.69, 9.17) is 4.52 Å². The van der Waals surface area contributed by atoms with E-state index in [2.05, 4.69) is 27.2 Å². The second kappa shape index (κ2) is 6.18. The minimum Gasteiger partial charge on any atom is -0.361 e. The van der Waals surface area contributed by atoms with E-state index in [1.807, 2.05) is 25.3 Å². The molecule has 1 unspecified atom stereocenters. The van der Waals surface area contributed by atoms with Gasteiger partial charge >= 0.3 is 0 Å². The van der Waals surface area contributed by atoms with Crippen molar-refractivity contribution in [2.24, 2.45) is 5.92 Å². The van der Waals surface area contributed by atoms with Crippen LogP contribution >= 0.6 is 0 Å². The molecular weight excluding hydrogens is 250 g/mol. The normalized spacial score (nSPS) is 20.1. The molecule has 4 heteroatoms. The van der Waals surface area contributed by atoms with E-state index in [9.17, 15) is 0 Å². The fraction of sp³-hybridized carbons (Fsp3) is 0.500. The smallest absolute Gasteiger partial charge is 0.133 e. The summed E-state index contributed by atoms with van der Waals surface area (Å²) in [6.45, 7) is 5.12. The number of likely N-dealkylation sites (tertiary alicyclic amines) is 1. The first-order valence-electron chi connectivity index (χ1n) is 7.34. The summed E-state index contributed by atoms with van der Waals surface area (Å²) < 4.78 is 5.14. The molecule has 0 aromatic carbocycles. The van der Waals surface area contributed by atoms with E-state index < -0.39 is 0 Å². The third-order valence-electron chi connectivity index (χ3n) is 3.89. The largest absolute Gasteiger partial charge is 0.361 e. The molecule has 3 rings (SSSR count). The van der Waals surface area contributed by atoms with E-state index >= 15 is 0 Å². The number of aromatic nitrogens is 2. The van der Waals surface area contributed by atoms with E-state index in [1.54, 1.807) is 0 Å². The lowest BCUT2D eigenvalue weighted by atomic mass is 9.93. The number of pyridine rings is 1. The topological polar surface area (TPSA) is 42.2 Å². The summed E-state index contributed by atoms with van der Waals surface area (Å²) in [5, 5.41) is 4.09. The number of hydrogen-bond acceptors (Lipinski definition) is 4. The number of aryl methyl sites for hydroxylation is 1. The number of rotatable bonds is 4. The molecular formula is C16H21N3O. The Balaban J connectivity index is 1.56. The molecule has 0 amide bonds. The van der Waals surface area contributed by atoms with Crippen molar-refractivity contribution < 1.29 is 4.52 Å². The van der Waals surface area contributed by atoms with Crippen LogP contribution in [0.2, 0.25) is 0 Å². The Morgan fingerprint density at radius 3 is 3.05 bits per heavy atom. The van der Waals surface area contributed by atoms with Crippen LogP contribution in [0, 0.1) is 12.8 Å². The first kappa shape index (κ1) is 13.3. The van der Waals surface area contributed by atoms with Crippen LogP contribution in [0.1, 0.15) is 30.0 Å². The van der Waals surface area contributed by atoms with E-state index in [1.165, 1.54) is 18.5 Å². The molecule has 2 aromatic rings. The zero-order valence-electron chi connectivity index (χ0n) is 12.0. The molecule has 4 nitrogen and oxygen atoms in total.